The van der Waals surface area contributed by atoms with E-state index in [4.69, 9.17) is 4.42 Å². The van der Waals surface area contributed by atoms with Crippen molar-refractivity contribution in [2.75, 3.05) is 5.32 Å². The minimum atomic E-state index is -4.49. The number of halogens is 5. The maximum absolute atomic E-state index is 12.6. The Morgan fingerprint density at radius 3 is 2.64 bits per heavy atom. The summed E-state index contributed by atoms with van der Waals surface area (Å²) in [5.41, 5.74) is -0.702. The van der Waals surface area contributed by atoms with Crippen LogP contribution in [-0.4, -0.2) is 20.2 Å². The fraction of sp³-hybridized carbons (Fsp3) is 0.231. The van der Waals surface area contributed by atoms with E-state index in [1.165, 1.54) is 12.4 Å². The number of aromatic nitrogens is 4. The molecular weight excluding hydrogens is 369 g/mol. The maximum atomic E-state index is 12.6. The van der Waals surface area contributed by atoms with E-state index in [1.807, 2.05) is 0 Å². The molecule has 25 heavy (non-hydrogen) atoms. The summed E-state index contributed by atoms with van der Waals surface area (Å²) in [5.74, 6) is -0.891. The molecule has 0 saturated carbocycles. The van der Waals surface area contributed by atoms with Gasteiger partial charge in [0.25, 0.3) is 11.8 Å². The summed E-state index contributed by atoms with van der Waals surface area (Å²) in [4.78, 5) is 7.94. The minimum absolute atomic E-state index is 0.0974. The van der Waals surface area contributed by atoms with Crippen molar-refractivity contribution < 1.29 is 26.4 Å². The third-order valence-electron chi connectivity index (χ3n) is 2.90. The van der Waals surface area contributed by atoms with Gasteiger partial charge in [-0.1, -0.05) is 0 Å². The van der Waals surface area contributed by atoms with Crippen molar-refractivity contribution in [1.29, 1.82) is 0 Å². The summed E-state index contributed by atoms with van der Waals surface area (Å²) in [6, 6.07) is 0.925. The average Bonchev–Trinajstić information content (AvgIpc) is 3.21. The Morgan fingerprint density at radius 1 is 1.16 bits per heavy atom. The van der Waals surface area contributed by atoms with Gasteiger partial charge in [0.1, 0.15) is 9.88 Å². The van der Waals surface area contributed by atoms with Crippen LogP contribution in [0.2, 0.25) is 0 Å². The van der Waals surface area contributed by atoms with Gasteiger partial charge < -0.3 is 9.73 Å². The molecular formula is C13H8F5N5OS. The summed E-state index contributed by atoms with van der Waals surface area (Å²) in [7, 11) is 0. The lowest BCUT2D eigenvalue weighted by Crippen LogP contribution is -2.07. The summed E-state index contributed by atoms with van der Waals surface area (Å²) >= 11 is 1.08. The first-order valence-electron chi connectivity index (χ1n) is 6.65. The molecule has 3 aromatic rings. The lowest BCUT2D eigenvalue weighted by Gasteiger charge is -2.08. The van der Waals surface area contributed by atoms with Gasteiger partial charge in [0.05, 0.1) is 24.0 Å². The largest absolute Gasteiger partial charge is 0.417 e. The van der Waals surface area contributed by atoms with Crippen molar-refractivity contribution in [3.05, 3.63) is 41.1 Å². The van der Waals surface area contributed by atoms with Gasteiger partial charge in [-0.15, -0.1) is 21.5 Å². The number of nitrogens with zero attached hydrogens (tertiary/aromatic N) is 4. The molecule has 0 aliphatic carbocycles. The molecule has 6 nitrogen and oxygen atoms in total. The molecule has 0 aliphatic heterocycles. The molecule has 12 heteroatoms. The maximum Gasteiger partial charge on any atom is 0.417 e. The average molecular weight is 377 g/mol. The van der Waals surface area contributed by atoms with Crippen LogP contribution in [0.1, 0.15) is 22.9 Å². The highest BCUT2D eigenvalue weighted by atomic mass is 32.1. The van der Waals surface area contributed by atoms with E-state index in [2.05, 4.69) is 25.5 Å². The van der Waals surface area contributed by atoms with Gasteiger partial charge in [-0.3, -0.25) is 4.98 Å². The normalized spacial score (nSPS) is 11.9. The second kappa shape index (κ2) is 6.70. The van der Waals surface area contributed by atoms with Crippen LogP contribution in [0.25, 0.3) is 10.8 Å². The Bertz CT molecular complexity index is 862. The van der Waals surface area contributed by atoms with Gasteiger partial charge in [-0.2, -0.15) is 22.0 Å². The van der Waals surface area contributed by atoms with Crippen LogP contribution in [0.4, 0.5) is 27.6 Å². The van der Waals surface area contributed by atoms with Gasteiger partial charge in [0, 0.05) is 12.4 Å². The number of anilines is 1. The number of rotatable bonds is 5. The van der Waals surface area contributed by atoms with Crippen molar-refractivity contribution in [2.45, 2.75) is 19.1 Å². The molecule has 0 fully saturated rings. The van der Waals surface area contributed by atoms with Crippen LogP contribution in [0.15, 0.2) is 29.1 Å². The van der Waals surface area contributed by atoms with Crippen molar-refractivity contribution in [3.63, 3.8) is 0 Å². The Hall–Kier alpha value is -2.63. The van der Waals surface area contributed by atoms with Crippen molar-refractivity contribution in [3.8, 4) is 10.8 Å². The summed E-state index contributed by atoms with van der Waals surface area (Å²) in [6.07, 6.45) is -4.03. The molecule has 0 unspecified atom stereocenters. The second-order valence-corrected chi connectivity index (χ2v) is 5.79. The fourth-order valence-corrected chi connectivity index (χ4v) is 2.56. The lowest BCUT2D eigenvalue weighted by molar-refractivity contribution is -0.137. The molecule has 132 valence electrons. The van der Waals surface area contributed by atoms with Gasteiger partial charge in [-0.25, -0.2) is 4.98 Å². The predicted octanol–water partition coefficient (Wildman–Crippen LogP) is 4.16. The minimum Gasteiger partial charge on any atom is -0.414 e. The van der Waals surface area contributed by atoms with Crippen LogP contribution < -0.4 is 5.32 Å². The van der Waals surface area contributed by atoms with Crippen molar-refractivity contribution >= 4 is 17.0 Å². The van der Waals surface area contributed by atoms with Gasteiger partial charge in [0.15, 0.2) is 0 Å². The highest BCUT2D eigenvalue weighted by Crippen LogP contribution is 2.31. The number of pyridine rings is 1. The van der Waals surface area contributed by atoms with E-state index in [9.17, 15) is 22.0 Å². The van der Waals surface area contributed by atoms with E-state index in [1.54, 1.807) is 0 Å². The van der Waals surface area contributed by atoms with Gasteiger partial charge >= 0.3 is 12.6 Å². The summed E-state index contributed by atoms with van der Waals surface area (Å²) in [5, 5.41) is 9.96. The van der Waals surface area contributed by atoms with Crippen LogP contribution in [0, 0.1) is 0 Å². The highest BCUT2D eigenvalue weighted by Gasteiger charge is 2.31. The monoisotopic (exact) mass is 377 g/mol. The molecule has 0 aliphatic rings. The lowest BCUT2D eigenvalue weighted by atomic mass is 10.2. The molecule has 3 heterocycles. The summed E-state index contributed by atoms with van der Waals surface area (Å²) in [6.45, 7) is 0.115. The second-order valence-electron chi connectivity index (χ2n) is 4.68. The first-order valence-corrected chi connectivity index (χ1v) is 7.47. The van der Waals surface area contributed by atoms with E-state index in [0.717, 1.165) is 23.6 Å². The number of alkyl halides is 5. The Kier molecular flexibility index (Phi) is 4.61. The van der Waals surface area contributed by atoms with Gasteiger partial charge in [0.2, 0.25) is 0 Å². The standard InChI is InChI=1S/C13H8F5N5OS/c14-10(15)12-23-22-11(24-12)8-4-21-9(25-8)5-20-7-1-6(2-19-3-7)13(16,17)18/h1-4,10,20H,5H2. The Balaban J connectivity index is 1.68. The molecule has 0 spiro atoms. The fourth-order valence-electron chi connectivity index (χ4n) is 1.78. The molecule has 0 aromatic carbocycles. The van der Waals surface area contributed by atoms with Crippen LogP contribution in [-0.2, 0) is 12.7 Å². The first kappa shape index (κ1) is 17.2. The third-order valence-corrected chi connectivity index (χ3v) is 3.89. The molecule has 3 rings (SSSR count). The quantitative estimate of drug-likeness (QED) is 0.673. The number of nitrogens with one attached hydrogen (secondary N) is 1. The van der Waals surface area contributed by atoms with E-state index >= 15 is 0 Å². The van der Waals surface area contributed by atoms with Crippen molar-refractivity contribution in [2.24, 2.45) is 0 Å². The van der Waals surface area contributed by atoms with Crippen molar-refractivity contribution in [1.82, 2.24) is 20.2 Å². The van der Waals surface area contributed by atoms with E-state index in [0.29, 0.717) is 9.88 Å². The molecule has 0 bridgehead atoms. The van der Waals surface area contributed by atoms with E-state index < -0.39 is 24.1 Å². The SMILES string of the molecule is FC(F)c1nnc(-c2cnc(CNc3cncc(C(F)(F)F)c3)s2)o1. The third kappa shape index (κ3) is 4.07. The molecule has 0 saturated heterocycles. The summed E-state index contributed by atoms with van der Waals surface area (Å²) < 4.78 is 67.5. The zero-order chi connectivity index (χ0) is 18.0. The van der Waals surface area contributed by atoms with Crippen LogP contribution in [0.5, 0.6) is 0 Å². The smallest absolute Gasteiger partial charge is 0.414 e. The zero-order valence-corrected chi connectivity index (χ0v) is 12.9. The molecule has 0 radical (unpaired) electrons. The van der Waals surface area contributed by atoms with Gasteiger partial charge in [-0.05, 0) is 6.07 Å². The van der Waals surface area contributed by atoms with Crippen LogP contribution in [0.3, 0.4) is 0 Å². The van der Waals surface area contributed by atoms with Crippen LogP contribution >= 0.6 is 11.3 Å². The highest BCUT2D eigenvalue weighted by molar-refractivity contribution is 7.15. The first-order chi connectivity index (χ1) is 11.8. The molecule has 0 atom stereocenters. The Labute approximate surface area is 140 Å². The molecule has 0 amide bonds. The Morgan fingerprint density at radius 2 is 1.96 bits per heavy atom. The molecule has 1 N–H and O–H groups in total. The van der Waals surface area contributed by atoms with E-state index in [-0.39, 0.29) is 18.1 Å². The number of hydrogen-bond acceptors (Lipinski definition) is 7. The number of hydrogen-bond donors (Lipinski definition) is 1. The number of thiazole rings is 1. The topological polar surface area (TPSA) is 76.7 Å². The molecule has 3 aromatic heterocycles. The predicted molar refractivity (Wildman–Crippen MR) is 76.9 cm³/mol. The zero-order valence-electron chi connectivity index (χ0n) is 12.1.